The second-order valence-electron chi connectivity index (χ2n) is 7.62. The summed E-state index contributed by atoms with van der Waals surface area (Å²) in [6.45, 7) is 2.96. The number of fused-ring (bicyclic) bond motifs is 1. The Morgan fingerprint density at radius 1 is 1.03 bits per heavy atom. The number of hydrogen-bond acceptors (Lipinski definition) is 2. The van der Waals surface area contributed by atoms with E-state index >= 15 is 0 Å². The summed E-state index contributed by atoms with van der Waals surface area (Å²) in [6, 6.07) is 22.7. The Hall–Kier alpha value is -3.11. The zero-order valence-corrected chi connectivity index (χ0v) is 17.5. The normalized spacial score (nSPS) is 13.8. The van der Waals surface area contributed by atoms with Crippen molar-refractivity contribution < 1.29 is 9.59 Å². The first kappa shape index (κ1) is 20.2. The number of carbonyl (C=O) groups is 2. The van der Waals surface area contributed by atoms with Crippen LogP contribution in [0.15, 0.2) is 72.8 Å². The number of aryl methyl sites for hydroxylation is 1. The van der Waals surface area contributed by atoms with Crippen LogP contribution in [0.3, 0.4) is 0 Å². The van der Waals surface area contributed by atoms with Gasteiger partial charge < -0.3 is 10.2 Å². The third-order valence-corrected chi connectivity index (χ3v) is 5.72. The maximum atomic E-state index is 13.1. The quantitative estimate of drug-likeness (QED) is 0.608. The zero-order valence-electron chi connectivity index (χ0n) is 16.8. The molecule has 0 aromatic heterocycles. The number of nitrogens with zero attached hydrogens (tertiary/aromatic N) is 1. The molecule has 3 aromatic rings. The summed E-state index contributed by atoms with van der Waals surface area (Å²) in [4.78, 5) is 27.7. The minimum Gasteiger partial charge on any atom is -0.352 e. The molecule has 0 saturated carbocycles. The molecule has 1 atom stereocenters. The Morgan fingerprint density at radius 2 is 1.73 bits per heavy atom. The lowest BCUT2D eigenvalue weighted by molar-refractivity contribution is -0.122. The highest BCUT2D eigenvalue weighted by Crippen LogP contribution is 2.33. The van der Waals surface area contributed by atoms with Crippen LogP contribution < -0.4 is 5.32 Å². The molecule has 5 heteroatoms. The van der Waals surface area contributed by atoms with Gasteiger partial charge in [0.05, 0.1) is 12.5 Å². The number of benzene rings is 3. The molecule has 0 fully saturated rings. The van der Waals surface area contributed by atoms with Gasteiger partial charge in [-0.1, -0.05) is 71.8 Å². The van der Waals surface area contributed by atoms with Crippen LogP contribution in [0.4, 0.5) is 0 Å². The number of carbonyl (C=O) groups excluding carboxylic acids is 2. The minimum absolute atomic E-state index is 0.0262. The van der Waals surface area contributed by atoms with E-state index in [4.69, 9.17) is 11.6 Å². The molecule has 4 rings (SSSR count). The lowest BCUT2D eigenvalue weighted by atomic mass is 10.00. The molecular weight excluding hydrogens is 396 g/mol. The van der Waals surface area contributed by atoms with E-state index in [1.807, 2.05) is 67.6 Å². The largest absolute Gasteiger partial charge is 0.352 e. The number of hydrogen-bond donors (Lipinski definition) is 1. The lowest BCUT2D eigenvalue weighted by Gasteiger charge is -2.28. The zero-order chi connectivity index (χ0) is 21.1. The number of rotatable bonds is 6. The fourth-order valence-electron chi connectivity index (χ4n) is 3.78. The summed E-state index contributed by atoms with van der Waals surface area (Å²) in [5.41, 5.74) is 4.80. The molecule has 0 saturated heterocycles. The van der Waals surface area contributed by atoms with Crippen molar-refractivity contribution in [3.63, 3.8) is 0 Å². The molecule has 0 bridgehead atoms. The maximum Gasteiger partial charge on any atom is 0.255 e. The summed E-state index contributed by atoms with van der Waals surface area (Å²) >= 11 is 5.92. The van der Waals surface area contributed by atoms with Gasteiger partial charge in [0.1, 0.15) is 0 Å². The SMILES string of the molecule is Cc1ccc(C(CC(=O)NCc2ccc(Cl)cc2)N2Cc3ccccc3C2=O)cc1. The molecule has 4 nitrogen and oxygen atoms in total. The Kier molecular flexibility index (Phi) is 5.86. The van der Waals surface area contributed by atoms with Crippen LogP contribution in [-0.2, 0) is 17.9 Å². The molecule has 3 aromatic carbocycles. The van der Waals surface area contributed by atoms with E-state index in [-0.39, 0.29) is 24.3 Å². The van der Waals surface area contributed by atoms with Crippen molar-refractivity contribution in [1.82, 2.24) is 10.2 Å². The molecule has 1 aliphatic rings. The van der Waals surface area contributed by atoms with Gasteiger partial charge >= 0.3 is 0 Å². The molecule has 0 spiro atoms. The third-order valence-electron chi connectivity index (χ3n) is 5.47. The molecule has 1 heterocycles. The smallest absolute Gasteiger partial charge is 0.255 e. The van der Waals surface area contributed by atoms with Gasteiger partial charge in [-0.25, -0.2) is 0 Å². The second-order valence-corrected chi connectivity index (χ2v) is 8.06. The summed E-state index contributed by atoms with van der Waals surface area (Å²) in [6.07, 6.45) is 0.205. The van der Waals surface area contributed by atoms with E-state index in [1.165, 1.54) is 0 Å². The summed E-state index contributed by atoms with van der Waals surface area (Å²) in [5, 5.41) is 3.63. The molecule has 30 heavy (non-hydrogen) atoms. The van der Waals surface area contributed by atoms with Crippen molar-refractivity contribution in [3.05, 3.63) is 106 Å². The van der Waals surface area contributed by atoms with Gasteiger partial charge in [0, 0.05) is 23.7 Å². The topological polar surface area (TPSA) is 49.4 Å². The van der Waals surface area contributed by atoms with Crippen LogP contribution in [-0.4, -0.2) is 16.7 Å². The highest BCUT2D eigenvalue weighted by Gasteiger charge is 2.34. The Bertz CT molecular complexity index is 1060. The van der Waals surface area contributed by atoms with Gasteiger partial charge in [-0.2, -0.15) is 0 Å². The average Bonchev–Trinajstić information content (AvgIpc) is 3.09. The van der Waals surface area contributed by atoms with Crippen molar-refractivity contribution in [2.75, 3.05) is 0 Å². The molecule has 1 unspecified atom stereocenters. The van der Waals surface area contributed by atoms with Crippen molar-refractivity contribution in [1.29, 1.82) is 0 Å². The molecule has 0 radical (unpaired) electrons. The molecular formula is C25H23ClN2O2. The first-order valence-electron chi connectivity index (χ1n) is 9.98. The minimum atomic E-state index is -0.323. The molecule has 1 N–H and O–H groups in total. The Morgan fingerprint density at radius 3 is 2.43 bits per heavy atom. The van der Waals surface area contributed by atoms with Crippen molar-refractivity contribution in [2.45, 2.75) is 32.5 Å². The standard InChI is InChI=1S/C25H23ClN2O2/c1-17-6-10-19(11-7-17)23(28-16-20-4-2-3-5-22(20)25(28)30)14-24(29)27-15-18-8-12-21(26)13-9-18/h2-13,23H,14-16H2,1H3,(H,27,29). The van der Waals surface area contributed by atoms with Gasteiger partial charge in [-0.15, -0.1) is 0 Å². The highest BCUT2D eigenvalue weighted by molar-refractivity contribution is 6.30. The molecule has 2 amide bonds. The third kappa shape index (κ3) is 4.39. The number of amides is 2. The summed E-state index contributed by atoms with van der Waals surface area (Å²) in [5.74, 6) is -0.124. The van der Waals surface area contributed by atoms with E-state index in [2.05, 4.69) is 5.32 Å². The fraction of sp³-hybridized carbons (Fsp3) is 0.200. The van der Waals surface area contributed by atoms with Gasteiger partial charge in [0.25, 0.3) is 5.91 Å². The van der Waals surface area contributed by atoms with Crippen LogP contribution in [0, 0.1) is 6.92 Å². The summed E-state index contributed by atoms with van der Waals surface area (Å²) < 4.78 is 0. The van der Waals surface area contributed by atoms with Crippen molar-refractivity contribution in [2.24, 2.45) is 0 Å². The van der Waals surface area contributed by atoms with E-state index in [1.54, 1.807) is 17.0 Å². The van der Waals surface area contributed by atoms with E-state index in [0.29, 0.717) is 18.1 Å². The van der Waals surface area contributed by atoms with Gasteiger partial charge in [-0.3, -0.25) is 9.59 Å². The second kappa shape index (κ2) is 8.72. The van der Waals surface area contributed by atoms with Crippen molar-refractivity contribution in [3.8, 4) is 0 Å². The van der Waals surface area contributed by atoms with Gasteiger partial charge in [0.2, 0.25) is 5.91 Å². The fourth-order valence-corrected chi connectivity index (χ4v) is 3.90. The van der Waals surface area contributed by atoms with Crippen molar-refractivity contribution >= 4 is 23.4 Å². The molecule has 0 aliphatic carbocycles. The Balaban J connectivity index is 1.52. The van der Waals surface area contributed by atoms with Gasteiger partial charge in [-0.05, 0) is 41.8 Å². The van der Waals surface area contributed by atoms with Gasteiger partial charge in [0.15, 0.2) is 0 Å². The highest BCUT2D eigenvalue weighted by atomic mass is 35.5. The van der Waals surface area contributed by atoms with Crippen LogP contribution in [0.25, 0.3) is 0 Å². The number of halogens is 1. The van der Waals surface area contributed by atoms with Crippen LogP contribution in [0.1, 0.15) is 45.1 Å². The first-order valence-corrected chi connectivity index (χ1v) is 10.4. The predicted octanol–water partition coefficient (Wildman–Crippen LogP) is 5.05. The summed E-state index contributed by atoms with van der Waals surface area (Å²) in [7, 11) is 0. The number of nitrogens with one attached hydrogen (secondary N) is 1. The van der Waals surface area contributed by atoms with Crippen LogP contribution in [0.5, 0.6) is 0 Å². The van der Waals surface area contributed by atoms with Crippen LogP contribution >= 0.6 is 11.6 Å². The van der Waals surface area contributed by atoms with Crippen LogP contribution in [0.2, 0.25) is 5.02 Å². The molecule has 152 valence electrons. The monoisotopic (exact) mass is 418 g/mol. The first-order chi connectivity index (χ1) is 14.5. The van der Waals surface area contributed by atoms with E-state index < -0.39 is 0 Å². The molecule has 1 aliphatic heterocycles. The van der Waals surface area contributed by atoms with E-state index in [0.717, 1.165) is 27.8 Å². The Labute approximate surface area is 181 Å². The maximum absolute atomic E-state index is 13.1. The lowest BCUT2D eigenvalue weighted by Crippen LogP contribution is -2.34. The predicted molar refractivity (Wildman–Crippen MR) is 118 cm³/mol. The van der Waals surface area contributed by atoms with E-state index in [9.17, 15) is 9.59 Å². The average molecular weight is 419 g/mol.